The molecule has 1 atom stereocenters. The first-order valence-corrected chi connectivity index (χ1v) is 5.72. The molecule has 0 aromatic heterocycles. The summed E-state index contributed by atoms with van der Waals surface area (Å²) in [6.07, 6.45) is 0.829. The number of benzene rings is 1. The molecule has 0 amide bonds. The summed E-state index contributed by atoms with van der Waals surface area (Å²) in [4.78, 5) is 0. The highest BCUT2D eigenvalue weighted by Gasteiger charge is 2.24. The van der Waals surface area contributed by atoms with Gasteiger partial charge in [-0.15, -0.1) is 11.6 Å². The van der Waals surface area contributed by atoms with Crippen LogP contribution in [0.3, 0.4) is 0 Å². The van der Waals surface area contributed by atoms with Crippen LogP contribution in [0.15, 0.2) is 30.3 Å². The van der Waals surface area contributed by atoms with E-state index in [2.05, 4.69) is 17.5 Å². The molecule has 1 rings (SSSR count). The number of halogens is 1. The Morgan fingerprint density at radius 2 is 2.07 bits per heavy atom. The molecule has 14 heavy (non-hydrogen) atoms. The fraction of sp³-hybridized carbons (Fsp3) is 0.364. The lowest BCUT2D eigenvalue weighted by Gasteiger charge is -2.22. The van der Waals surface area contributed by atoms with E-state index in [-0.39, 0.29) is 4.75 Å². The zero-order valence-corrected chi connectivity index (χ0v) is 9.61. The van der Waals surface area contributed by atoms with Crippen LogP contribution in [0.2, 0.25) is 0 Å². The van der Waals surface area contributed by atoms with Gasteiger partial charge in [-0.1, -0.05) is 30.3 Å². The standard InChI is InChI=1S/C11H12ClNS/c1-11(8-12,14-9-13)7-10-5-3-2-4-6-10/h2-6H,7-8H2,1H3. The lowest BCUT2D eigenvalue weighted by molar-refractivity contribution is 0.718. The van der Waals surface area contributed by atoms with E-state index in [4.69, 9.17) is 16.9 Å². The third-order valence-electron chi connectivity index (χ3n) is 2.00. The van der Waals surface area contributed by atoms with E-state index in [9.17, 15) is 0 Å². The van der Waals surface area contributed by atoms with E-state index in [0.717, 1.165) is 6.42 Å². The smallest absolute Gasteiger partial charge is 0.133 e. The lowest BCUT2D eigenvalue weighted by Crippen LogP contribution is -2.24. The normalized spacial score (nSPS) is 14.4. The Hall–Kier alpha value is -0.650. The molecular weight excluding hydrogens is 214 g/mol. The third kappa shape index (κ3) is 3.25. The average molecular weight is 226 g/mol. The third-order valence-corrected chi connectivity index (χ3v) is 3.62. The molecule has 1 nitrogen and oxygen atoms in total. The topological polar surface area (TPSA) is 23.8 Å². The molecule has 0 aliphatic heterocycles. The zero-order chi connectivity index (χ0) is 10.4. The Bertz CT molecular complexity index is 320. The molecule has 0 radical (unpaired) electrons. The SMILES string of the molecule is CC(CCl)(Cc1ccccc1)SC#N. The lowest BCUT2D eigenvalue weighted by atomic mass is 10.0. The van der Waals surface area contributed by atoms with E-state index in [1.807, 2.05) is 25.1 Å². The number of nitriles is 1. The van der Waals surface area contributed by atoms with Gasteiger partial charge in [-0.2, -0.15) is 5.26 Å². The Balaban J connectivity index is 2.71. The second kappa shape index (κ2) is 5.29. The molecule has 0 heterocycles. The van der Waals surface area contributed by atoms with Gasteiger partial charge in [-0.3, -0.25) is 0 Å². The van der Waals surface area contributed by atoms with Crippen molar-refractivity contribution in [2.75, 3.05) is 5.88 Å². The largest absolute Gasteiger partial charge is 0.185 e. The predicted molar refractivity (Wildman–Crippen MR) is 62.5 cm³/mol. The van der Waals surface area contributed by atoms with Crippen molar-refractivity contribution in [2.45, 2.75) is 18.1 Å². The number of hydrogen-bond acceptors (Lipinski definition) is 2. The number of thiocyanates is 1. The fourth-order valence-electron chi connectivity index (χ4n) is 1.25. The molecule has 0 saturated heterocycles. The molecule has 1 aromatic carbocycles. The van der Waals surface area contributed by atoms with Crippen LogP contribution in [-0.2, 0) is 6.42 Å². The molecular formula is C11H12ClNS. The highest BCUT2D eigenvalue weighted by Crippen LogP contribution is 2.29. The Labute approximate surface area is 94.1 Å². The summed E-state index contributed by atoms with van der Waals surface area (Å²) < 4.78 is -0.183. The summed E-state index contributed by atoms with van der Waals surface area (Å²) in [5.41, 5.74) is 1.22. The molecule has 0 spiro atoms. The fourth-order valence-corrected chi connectivity index (χ4v) is 2.02. The molecule has 3 heteroatoms. The number of nitrogens with zero attached hydrogens (tertiary/aromatic N) is 1. The molecule has 0 saturated carbocycles. The van der Waals surface area contributed by atoms with Gasteiger partial charge in [-0.05, 0) is 30.7 Å². The van der Waals surface area contributed by atoms with Crippen LogP contribution in [0.25, 0.3) is 0 Å². The quantitative estimate of drug-likeness (QED) is 0.579. The van der Waals surface area contributed by atoms with Crippen LogP contribution in [0.4, 0.5) is 0 Å². The number of thioether (sulfide) groups is 1. The van der Waals surface area contributed by atoms with Crippen molar-refractivity contribution in [1.29, 1.82) is 5.26 Å². The highest BCUT2D eigenvalue weighted by molar-refractivity contribution is 8.05. The van der Waals surface area contributed by atoms with Crippen LogP contribution >= 0.6 is 23.4 Å². The van der Waals surface area contributed by atoms with E-state index in [1.54, 1.807) is 0 Å². The van der Waals surface area contributed by atoms with Gasteiger partial charge in [-0.25, -0.2) is 0 Å². The molecule has 0 bridgehead atoms. The van der Waals surface area contributed by atoms with Crippen molar-refractivity contribution >= 4 is 23.4 Å². The maximum absolute atomic E-state index is 8.67. The van der Waals surface area contributed by atoms with Gasteiger partial charge >= 0.3 is 0 Å². The van der Waals surface area contributed by atoms with Gasteiger partial charge in [0.2, 0.25) is 0 Å². The summed E-state index contributed by atoms with van der Waals surface area (Å²) in [7, 11) is 0. The average Bonchev–Trinajstić information content (AvgIpc) is 2.20. The molecule has 74 valence electrons. The molecule has 0 aliphatic rings. The van der Waals surface area contributed by atoms with Crippen molar-refractivity contribution in [2.24, 2.45) is 0 Å². The monoisotopic (exact) mass is 225 g/mol. The van der Waals surface area contributed by atoms with Crippen LogP contribution in [-0.4, -0.2) is 10.6 Å². The van der Waals surface area contributed by atoms with E-state index in [0.29, 0.717) is 5.88 Å². The number of alkyl halides is 1. The van der Waals surface area contributed by atoms with Crippen molar-refractivity contribution in [3.63, 3.8) is 0 Å². The molecule has 0 fully saturated rings. The van der Waals surface area contributed by atoms with Crippen molar-refractivity contribution < 1.29 is 0 Å². The summed E-state index contributed by atoms with van der Waals surface area (Å²) in [5, 5.41) is 10.8. The Morgan fingerprint density at radius 1 is 1.43 bits per heavy atom. The molecule has 1 unspecified atom stereocenters. The van der Waals surface area contributed by atoms with E-state index in [1.165, 1.54) is 17.3 Å². The van der Waals surface area contributed by atoms with Crippen LogP contribution in [0.1, 0.15) is 12.5 Å². The minimum absolute atomic E-state index is 0.183. The van der Waals surface area contributed by atoms with Gasteiger partial charge < -0.3 is 0 Å². The van der Waals surface area contributed by atoms with Crippen LogP contribution < -0.4 is 0 Å². The van der Waals surface area contributed by atoms with Crippen molar-refractivity contribution in [3.05, 3.63) is 35.9 Å². The highest BCUT2D eigenvalue weighted by atomic mass is 35.5. The minimum atomic E-state index is -0.183. The zero-order valence-electron chi connectivity index (χ0n) is 8.03. The second-order valence-corrected chi connectivity index (χ2v) is 5.08. The molecule has 0 N–H and O–H groups in total. The number of hydrogen-bond donors (Lipinski definition) is 0. The summed E-state index contributed by atoms with van der Waals surface area (Å²) in [6.45, 7) is 2.01. The van der Waals surface area contributed by atoms with Gasteiger partial charge in [0.1, 0.15) is 5.40 Å². The first-order chi connectivity index (χ1) is 6.70. The van der Waals surface area contributed by atoms with Crippen molar-refractivity contribution in [3.8, 4) is 5.40 Å². The van der Waals surface area contributed by atoms with Gasteiger partial charge in [0.25, 0.3) is 0 Å². The summed E-state index contributed by atoms with van der Waals surface area (Å²) in [5.74, 6) is 0.486. The van der Waals surface area contributed by atoms with E-state index < -0.39 is 0 Å². The van der Waals surface area contributed by atoms with Crippen LogP contribution in [0.5, 0.6) is 0 Å². The maximum Gasteiger partial charge on any atom is 0.133 e. The predicted octanol–water partition coefficient (Wildman–Crippen LogP) is 3.44. The molecule has 1 aromatic rings. The summed E-state index contributed by atoms with van der Waals surface area (Å²) in [6, 6.07) is 10.1. The van der Waals surface area contributed by atoms with Gasteiger partial charge in [0.15, 0.2) is 0 Å². The summed E-state index contributed by atoms with van der Waals surface area (Å²) >= 11 is 7.11. The van der Waals surface area contributed by atoms with E-state index >= 15 is 0 Å². The Kier molecular flexibility index (Phi) is 4.31. The molecule has 0 aliphatic carbocycles. The van der Waals surface area contributed by atoms with Gasteiger partial charge in [0.05, 0.1) is 0 Å². The number of rotatable bonds is 4. The maximum atomic E-state index is 8.67. The minimum Gasteiger partial charge on any atom is -0.185 e. The Morgan fingerprint density at radius 3 is 2.57 bits per heavy atom. The van der Waals surface area contributed by atoms with Crippen LogP contribution in [0, 0.1) is 10.7 Å². The second-order valence-electron chi connectivity index (χ2n) is 3.44. The first kappa shape index (κ1) is 11.4. The first-order valence-electron chi connectivity index (χ1n) is 4.37. The van der Waals surface area contributed by atoms with Gasteiger partial charge in [0, 0.05) is 10.6 Å². The van der Waals surface area contributed by atoms with Crippen molar-refractivity contribution in [1.82, 2.24) is 0 Å².